The summed E-state index contributed by atoms with van der Waals surface area (Å²) in [4.78, 5) is 12.1. The standard InChI is InChI=1S/C13H22N4O/c1-10-11(7-17(2)16-10)12(18)15-9-13(8-14)5-3-4-6-13/h7H,3-6,8-9,14H2,1-2H3,(H,15,18). The van der Waals surface area contributed by atoms with Crippen molar-refractivity contribution in [3.63, 3.8) is 0 Å². The van der Waals surface area contributed by atoms with Crippen LogP contribution in [0.5, 0.6) is 0 Å². The van der Waals surface area contributed by atoms with Crippen LogP contribution in [0.1, 0.15) is 41.7 Å². The van der Waals surface area contributed by atoms with Gasteiger partial charge in [0.1, 0.15) is 0 Å². The van der Waals surface area contributed by atoms with Crippen LogP contribution >= 0.6 is 0 Å². The Morgan fingerprint density at radius 2 is 2.22 bits per heavy atom. The van der Waals surface area contributed by atoms with Gasteiger partial charge < -0.3 is 11.1 Å². The number of amides is 1. The summed E-state index contributed by atoms with van der Waals surface area (Å²) >= 11 is 0. The van der Waals surface area contributed by atoms with Gasteiger partial charge in [0.15, 0.2) is 0 Å². The summed E-state index contributed by atoms with van der Waals surface area (Å²) in [7, 11) is 1.82. The number of carbonyl (C=O) groups excluding carboxylic acids is 1. The van der Waals surface area contributed by atoms with Crippen LogP contribution in [-0.4, -0.2) is 28.8 Å². The van der Waals surface area contributed by atoms with Crippen molar-refractivity contribution in [1.82, 2.24) is 15.1 Å². The van der Waals surface area contributed by atoms with Gasteiger partial charge in [-0.05, 0) is 31.7 Å². The minimum Gasteiger partial charge on any atom is -0.351 e. The molecule has 0 aliphatic heterocycles. The van der Waals surface area contributed by atoms with Crippen molar-refractivity contribution < 1.29 is 4.79 Å². The van der Waals surface area contributed by atoms with Gasteiger partial charge in [-0.2, -0.15) is 5.10 Å². The monoisotopic (exact) mass is 250 g/mol. The molecule has 1 aliphatic rings. The number of rotatable bonds is 4. The van der Waals surface area contributed by atoms with Crippen molar-refractivity contribution in [3.05, 3.63) is 17.5 Å². The lowest BCUT2D eigenvalue weighted by Gasteiger charge is -2.27. The van der Waals surface area contributed by atoms with E-state index in [9.17, 15) is 4.79 Å². The number of nitrogens with zero attached hydrogens (tertiary/aromatic N) is 2. The van der Waals surface area contributed by atoms with Crippen molar-refractivity contribution in [3.8, 4) is 0 Å². The van der Waals surface area contributed by atoms with Crippen molar-refractivity contribution in [2.75, 3.05) is 13.1 Å². The molecule has 1 saturated carbocycles. The first-order chi connectivity index (χ1) is 8.56. The summed E-state index contributed by atoms with van der Waals surface area (Å²) in [5.74, 6) is -0.0414. The molecule has 2 rings (SSSR count). The Labute approximate surface area is 108 Å². The first-order valence-electron chi connectivity index (χ1n) is 6.55. The lowest BCUT2D eigenvalue weighted by atomic mass is 9.86. The third kappa shape index (κ3) is 2.56. The Morgan fingerprint density at radius 3 is 2.72 bits per heavy atom. The first kappa shape index (κ1) is 13.1. The molecule has 0 bridgehead atoms. The highest BCUT2D eigenvalue weighted by Crippen LogP contribution is 2.36. The Balaban J connectivity index is 1.98. The molecule has 1 fully saturated rings. The lowest BCUT2D eigenvalue weighted by molar-refractivity contribution is 0.0931. The molecule has 1 aliphatic carbocycles. The zero-order valence-corrected chi connectivity index (χ0v) is 11.2. The molecule has 1 aromatic rings. The fourth-order valence-electron chi connectivity index (χ4n) is 2.76. The number of nitrogens with two attached hydrogens (primary N) is 1. The van der Waals surface area contributed by atoms with Crippen LogP contribution in [-0.2, 0) is 7.05 Å². The highest BCUT2D eigenvalue weighted by molar-refractivity contribution is 5.95. The van der Waals surface area contributed by atoms with Crippen LogP contribution in [0.2, 0.25) is 0 Å². The number of nitrogens with one attached hydrogen (secondary N) is 1. The van der Waals surface area contributed by atoms with Crippen LogP contribution < -0.4 is 11.1 Å². The van der Waals surface area contributed by atoms with Gasteiger partial charge in [-0.25, -0.2) is 0 Å². The minimum atomic E-state index is -0.0414. The fourth-order valence-corrected chi connectivity index (χ4v) is 2.76. The smallest absolute Gasteiger partial charge is 0.254 e. The van der Waals surface area contributed by atoms with Crippen molar-refractivity contribution in [2.24, 2.45) is 18.2 Å². The Morgan fingerprint density at radius 1 is 1.56 bits per heavy atom. The van der Waals surface area contributed by atoms with Gasteiger partial charge in [0, 0.05) is 19.8 Å². The first-order valence-corrected chi connectivity index (χ1v) is 6.55. The largest absolute Gasteiger partial charge is 0.351 e. The van der Waals surface area contributed by atoms with Crippen molar-refractivity contribution >= 4 is 5.91 Å². The summed E-state index contributed by atoms with van der Waals surface area (Å²) in [6.07, 6.45) is 6.44. The Kier molecular flexibility index (Phi) is 3.71. The minimum absolute atomic E-state index is 0.0414. The van der Waals surface area contributed by atoms with Crippen LogP contribution in [0.4, 0.5) is 0 Å². The van der Waals surface area contributed by atoms with Crippen molar-refractivity contribution in [1.29, 1.82) is 0 Å². The number of hydrogen-bond acceptors (Lipinski definition) is 3. The molecule has 100 valence electrons. The van der Waals surface area contributed by atoms with Gasteiger partial charge in [0.25, 0.3) is 5.91 Å². The molecule has 0 spiro atoms. The molecular weight excluding hydrogens is 228 g/mol. The van der Waals surface area contributed by atoms with Gasteiger partial charge >= 0.3 is 0 Å². The van der Waals surface area contributed by atoms with E-state index >= 15 is 0 Å². The third-order valence-electron chi connectivity index (χ3n) is 3.98. The average Bonchev–Trinajstić information content (AvgIpc) is 2.94. The summed E-state index contributed by atoms with van der Waals surface area (Å²) < 4.78 is 1.67. The maximum atomic E-state index is 12.1. The van der Waals surface area contributed by atoms with Gasteiger partial charge in [0.2, 0.25) is 0 Å². The second kappa shape index (κ2) is 5.10. The summed E-state index contributed by atoms with van der Waals surface area (Å²) in [6, 6.07) is 0. The molecule has 5 nitrogen and oxygen atoms in total. The van der Waals surface area contributed by atoms with Gasteiger partial charge in [-0.3, -0.25) is 9.48 Å². The van der Waals surface area contributed by atoms with Crippen LogP contribution in [0.25, 0.3) is 0 Å². The number of aryl methyl sites for hydroxylation is 2. The second-order valence-electron chi connectivity index (χ2n) is 5.40. The van der Waals surface area contributed by atoms with Gasteiger partial charge in [-0.1, -0.05) is 12.8 Å². The summed E-state index contributed by atoms with van der Waals surface area (Å²) in [5.41, 5.74) is 7.40. The number of aromatic nitrogens is 2. The zero-order chi connectivity index (χ0) is 13.2. The molecule has 5 heteroatoms. The van der Waals surface area contributed by atoms with E-state index in [1.807, 2.05) is 14.0 Å². The Hall–Kier alpha value is -1.36. The van der Waals surface area contributed by atoms with E-state index < -0.39 is 0 Å². The molecule has 18 heavy (non-hydrogen) atoms. The normalized spacial score (nSPS) is 17.9. The summed E-state index contributed by atoms with van der Waals surface area (Å²) in [6.45, 7) is 3.18. The quantitative estimate of drug-likeness (QED) is 0.836. The fraction of sp³-hybridized carbons (Fsp3) is 0.692. The topological polar surface area (TPSA) is 72.9 Å². The SMILES string of the molecule is Cc1nn(C)cc1C(=O)NCC1(CN)CCCC1. The van der Waals surface area contributed by atoms with Crippen LogP contribution in [0, 0.1) is 12.3 Å². The molecule has 1 amide bonds. The molecule has 1 heterocycles. The second-order valence-corrected chi connectivity index (χ2v) is 5.40. The maximum absolute atomic E-state index is 12.1. The van der Waals surface area contributed by atoms with Crippen LogP contribution in [0.15, 0.2) is 6.20 Å². The number of carbonyl (C=O) groups is 1. The van der Waals surface area contributed by atoms with Gasteiger partial charge in [-0.15, -0.1) is 0 Å². The molecule has 0 unspecified atom stereocenters. The molecule has 0 saturated heterocycles. The highest BCUT2D eigenvalue weighted by Gasteiger charge is 2.32. The van der Waals surface area contributed by atoms with E-state index in [1.165, 1.54) is 12.8 Å². The predicted molar refractivity (Wildman–Crippen MR) is 70.2 cm³/mol. The lowest BCUT2D eigenvalue weighted by Crippen LogP contribution is -2.40. The molecule has 0 radical (unpaired) electrons. The third-order valence-corrected chi connectivity index (χ3v) is 3.98. The van der Waals surface area contributed by atoms with E-state index in [0.29, 0.717) is 18.7 Å². The average molecular weight is 250 g/mol. The summed E-state index contributed by atoms with van der Waals surface area (Å²) in [5, 5.41) is 7.20. The number of hydrogen-bond donors (Lipinski definition) is 2. The molecule has 0 aromatic carbocycles. The van der Waals surface area contributed by atoms with E-state index in [-0.39, 0.29) is 11.3 Å². The van der Waals surface area contributed by atoms with Gasteiger partial charge in [0.05, 0.1) is 11.3 Å². The zero-order valence-electron chi connectivity index (χ0n) is 11.2. The van der Waals surface area contributed by atoms with Crippen molar-refractivity contribution in [2.45, 2.75) is 32.6 Å². The molecular formula is C13H22N4O. The highest BCUT2D eigenvalue weighted by atomic mass is 16.1. The van der Waals surface area contributed by atoms with E-state index in [1.54, 1.807) is 10.9 Å². The Bertz CT molecular complexity index is 432. The predicted octanol–water partition coefficient (Wildman–Crippen LogP) is 0.977. The van der Waals surface area contributed by atoms with Crippen LogP contribution in [0.3, 0.4) is 0 Å². The van der Waals surface area contributed by atoms with E-state index in [0.717, 1.165) is 18.5 Å². The molecule has 0 atom stereocenters. The molecule has 1 aromatic heterocycles. The molecule has 3 N–H and O–H groups in total. The maximum Gasteiger partial charge on any atom is 0.254 e. The van der Waals surface area contributed by atoms with E-state index in [4.69, 9.17) is 5.73 Å². The van der Waals surface area contributed by atoms with E-state index in [2.05, 4.69) is 10.4 Å².